The Hall–Kier alpha value is -1.63. The van der Waals surface area contributed by atoms with Crippen molar-refractivity contribution < 1.29 is 9.53 Å². The Bertz CT molecular complexity index is 410. The molecule has 0 saturated heterocycles. The van der Waals surface area contributed by atoms with Crippen LogP contribution in [0.5, 0.6) is 0 Å². The van der Waals surface area contributed by atoms with E-state index in [1.54, 1.807) is 4.68 Å². The van der Waals surface area contributed by atoms with Gasteiger partial charge in [-0.05, 0) is 27.7 Å². The lowest BCUT2D eigenvalue weighted by Gasteiger charge is -2.20. The van der Waals surface area contributed by atoms with Crippen LogP contribution in [0.25, 0.3) is 0 Å². The zero-order valence-corrected chi connectivity index (χ0v) is 12.0. The summed E-state index contributed by atoms with van der Waals surface area (Å²) in [5, 5.41) is 6.71. The summed E-state index contributed by atoms with van der Waals surface area (Å²) in [5.41, 5.74) is 5.45. The van der Waals surface area contributed by atoms with E-state index in [0.717, 1.165) is 12.4 Å². The summed E-state index contributed by atoms with van der Waals surface area (Å²) in [6, 6.07) is -0.220. The zero-order valence-electron chi connectivity index (χ0n) is 12.0. The van der Waals surface area contributed by atoms with Crippen LogP contribution < -0.4 is 11.1 Å². The van der Waals surface area contributed by atoms with E-state index in [1.165, 1.54) is 6.33 Å². The molecule has 0 spiro atoms. The van der Waals surface area contributed by atoms with Gasteiger partial charge in [-0.15, -0.1) is 0 Å². The Balaban J connectivity index is 2.36. The van der Waals surface area contributed by atoms with Crippen LogP contribution in [0.2, 0.25) is 0 Å². The Morgan fingerprint density at radius 1 is 1.58 bits per heavy atom. The minimum absolute atomic E-state index is 0.220. The molecule has 0 saturated carbocycles. The number of hydrogen-bond acceptors (Lipinski definition) is 5. The topological polar surface area (TPSA) is 95.1 Å². The first kappa shape index (κ1) is 15.4. The third-order valence-electron chi connectivity index (χ3n) is 2.35. The molecule has 0 bridgehead atoms. The number of rotatable bonds is 5. The number of hydrogen-bond donors (Lipinski definition) is 2. The van der Waals surface area contributed by atoms with E-state index in [2.05, 4.69) is 15.4 Å². The highest BCUT2D eigenvalue weighted by Crippen LogP contribution is 2.06. The predicted molar refractivity (Wildman–Crippen MR) is 71.6 cm³/mol. The molecule has 1 unspecified atom stereocenters. The number of aromatic nitrogens is 3. The van der Waals surface area contributed by atoms with Crippen molar-refractivity contribution in [2.24, 2.45) is 5.73 Å². The van der Waals surface area contributed by atoms with Crippen LogP contribution in [0.3, 0.4) is 0 Å². The highest BCUT2D eigenvalue weighted by molar-refractivity contribution is 5.67. The smallest absolute Gasteiger partial charge is 0.407 e. The van der Waals surface area contributed by atoms with Crippen molar-refractivity contribution in [2.45, 2.75) is 52.3 Å². The Morgan fingerprint density at radius 2 is 2.26 bits per heavy atom. The van der Waals surface area contributed by atoms with E-state index < -0.39 is 11.7 Å². The monoisotopic (exact) mass is 269 g/mol. The van der Waals surface area contributed by atoms with Crippen LogP contribution in [0.4, 0.5) is 4.79 Å². The number of amides is 1. The van der Waals surface area contributed by atoms with Gasteiger partial charge in [0, 0.05) is 25.6 Å². The number of ether oxygens (including phenoxy) is 1. The Morgan fingerprint density at radius 3 is 2.84 bits per heavy atom. The fourth-order valence-corrected chi connectivity index (χ4v) is 1.55. The molecule has 0 fully saturated rings. The molecule has 0 aliphatic heterocycles. The lowest BCUT2D eigenvalue weighted by atomic mass is 10.2. The molecular weight excluding hydrogens is 246 g/mol. The minimum Gasteiger partial charge on any atom is -0.444 e. The van der Waals surface area contributed by atoms with Crippen molar-refractivity contribution in [2.75, 3.05) is 6.54 Å². The lowest BCUT2D eigenvalue weighted by molar-refractivity contribution is 0.0524. The molecule has 1 aromatic rings. The fourth-order valence-electron chi connectivity index (χ4n) is 1.55. The van der Waals surface area contributed by atoms with Crippen molar-refractivity contribution in [3.8, 4) is 0 Å². The molecule has 0 aliphatic rings. The van der Waals surface area contributed by atoms with Crippen LogP contribution in [0.15, 0.2) is 6.33 Å². The molecule has 0 radical (unpaired) electrons. The van der Waals surface area contributed by atoms with E-state index in [1.807, 2.05) is 27.7 Å². The van der Waals surface area contributed by atoms with Gasteiger partial charge in [-0.2, -0.15) is 5.10 Å². The molecule has 19 heavy (non-hydrogen) atoms. The maximum absolute atomic E-state index is 11.5. The van der Waals surface area contributed by atoms with Gasteiger partial charge in [0.05, 0.1) is 0 Å². The van der Waals surface area contributed by atoms with Gasteiger partial charge >= 0.3 is 6.09 Å². The van der Waals surface area contributed by atoms with E-state index >= 15 is 0 Å². The van der Waals surface area contributed by atoms with Crippen molar-refractivity contribution in [1.29, 1.82) is 0 Å². The Labute approximate surface area is 113 Å². The maximum atomic E-state index is 11.5. The second kappa shape index (κ2) is 6.51. The third-order valence-corrected chi connectivity index (χ3v) is 2.35. The first-order valence-electron chi connectivity index (χ1n) is 6.41. The SMILES string of the molecule is CCn1ncnc1CC(N)CNC(=O)OC(C)(C)C. The third kappa shape index (κ3) is 5.69. The van der Waals surface area contributed by atoms with E-state index in [9.17, 15) is 4.79 Å². The Kier molecular flexibility index (Phi) is 5.29. The standard InChI is InChI=1S/C12H23N5O2/c1-5-17-10(15-8-16-17)6-9(13)7-14-11(18)19-12(2,3)4/h8-9H,5-7,13H2,1-4H3,(H,14,18). The average Bonchev–Trinajstić information content (AvgIpc) is 2.71. The van der Waals surface area contributed by atoms with Gasteiger partial charge in [0.15, 0.2) is 0 Å². The van der Waals surface area contributed by atoms with Crippen LogP contribution in [0.1, 0.15) is 33.5 Å². The summed E-state index contributed by atoms with van der Waals surface area (Å²) >= 11 is 0. The van der Waals surface area contributed by atoms with Crippen LogP contribution >= 0.6 is 0 Å². The van der Waals surface area contributed by atoms with Gasteiger partial charge in [0.25, 0.3) is 0 Å². The number of nitrogens with zero attached hydrogens (tertiary/aromatic N) is 3. The molecule has 1 rings (SSSR count). The van der Waals surface area contributed by atoms with Gasteiger partial charge < -0.3 is 15.8 Å². The predicted octanol–water partition coefficient (Wildman–Crippen LogP) is 0.692. The van der Waals surface area contributed by atoms with Gasteiger partial charge in [0.2, 0.25) is 0 Å². The molecule has 108 valence electrons. The quantitative estimate of drug-likeness (QED) is 0.820. The summed E-state index contributed by atoms with van der Waals surface area (Å²) in [6.45, 7) is 8.53. The van der Waals surface area contributed by atoms with E-state index in [-0.39, 0.29) is 6.04 Å². The van der Waals surface area contributed by atoms with Gasteiger partial charge in [-0.3, -0.25) is 4.68 Å². The molecule has 1 atom stereocenters. The molecule has 0 aromatic carbocycles. The number of carbonyl (C=O) groups is 1. The first-order chi connectivity index (χ1) is 8.81. The van der Waals surface area contributed by atoms with Crippen molar-refractivity contribution >= 4 is 6.09 Å². The second-order valence-electron chi connectivity index (χ2n) is 5.34. The molecular formula is C12H23N5O2. The van der Waals surface area contributed by atoms with Crippen molar-refractivity contribution in [3.05, 3.63) is 12.2 Å². The fraction of sp³-hybridized carbons (Fsp3) is 0.750. The summed E-state index contributed by atoms with van der Waals surface area (Å²) in [4.78, 5) is 15.6. The molecule has 0 aliphatic carbocycles. The average molecular weight is 269 g/mol. The number of nitrogens with one attached hydrogen (secondary N) is 1. The van der Waals surface area contributed by atoms with Crippen LogP contribution in [-0.4, -0.2) is 39.0 Å². The van der Waals surface area contributed by atoms with Crippen molar-refractivity contribution in [3.63, 3.8) is 0 Å². The molecule has 1 heterocycles. The van der Waals surface area contributed by atoms with E-state index in [0.29, 0.717) is 13.0 Å². The minimum atomic E-state index is -0.503. The largest absolute Gasteiger partial charge is 0.444 e. The zero-order chi connectivity index (χ0) is 14.5. The summed E-state index contributed by atoms with van der Waals surface area (Å²) in [5.74, 6) is 0.820. The number of alkyl carbamates (subject to hydrolysis) is 1. The summed E-state index contributed by atoms with van der Waals surface area (Å²) in [7, 11) is 0. The second-order valence-corrected chi connectivity index (χ2v) is 5.34. The van der Waals surface area contributed by atoms with Gasteiger partial charge in [-0.25, -0.2) is 9.78 Å². The van der Waals surface area contributed by atoms with E-state index in [4.69, 9.17) is 10.5 Å². The number of aryl methyl sites for hydroxylation is 1. The van der Waals surface area contributed by atoms with Crippen LogP contribution in [0, 0.1) is 0 Å². The van der Waals surface area contributed by atoms with Crippen LogP contribution in [-0.2, 0) is 17.7 Å². The molecule has 3 N–H and O–H groups in total. The molecule has 1 amide bonds. The molecule has 7 heteroatoms. The highest BCUT2D eigenvalue weighted by atomic mass is 16.6. The highest BCUT2D eigenvalue weighted by Gasteiger charge is 2.17. The summed E-state index contributed by atoms with van der Waals surface area (Å²) < 4.78 is 6.91. The normalized spacial score (nSPS) is 13.1. The maximum Gasteiger partial charge on any atom is 0.407 e. The number of nitrogens with two attached hydrogens (primary N) is 1. The number of carbonyl (C=O) groups excluding carboxylic acids is 1. The molecule has 7 nitrogen and oxygen atoms in total. The first-order valence-corrected chi connectivity index (χ1v) is 6.41. The molecule has 1 aromatic heterocycles. The van der Waals surface area contributed by atoms with Crippen molar-refractivity contribution in [1.82, 2.24) is 20.1 Å². The summed E-state index contributed by atoms with van der Waals surface area (Å²) in [6.07, 6.45) is 1.61. The lowest BCUT2D eigenvalue weighted by Crippen LogP contribution is -2.41. The van der Waals surface area contributed by atoms with Gasteiger partial charge in [0.1, 0.15) is 17.8 Å². The van der Waals surface area contributed by atoms with Gasteiger partial charge in [-0.1, -0.05) is 0 Å².